The Morgan fingerprint density at radius 2 is 1.96 bits per heavy atom. The molecular weight excluding hydrogens is 318 g/mol. The Balaban J connectivity index is 1.52. The number of hydrogen-bond acceptors (Lipinski definition) is 5. The normalized spacial score (nSPS) is 20.9. The lowest BCUT2D eigenvalue weighted by atomic mass is 9.96. The van der Waals surface area contributed by atoms with Crippen LogP contribution in [0, 0.1) is 0 Å². The summed E-state index contributed by atoms with van der Waals surface area (Å²) in [6.07, 6.45) is 4.01. The van der Waals surface area contributed by atoms with Gasteiger partial charge < -0.3 is 14.5 Å². The van der Waals surface area contributed by atoms with E-state index in [1.807, 2.05) is 12.1 Å². The minimum Gasteiger partial charge on any atom is -0.388 e. The summed E-state index contributed by atoms with van der Waals surface area (Å²) >= 11 is 0. The number of likely N-dealkylation sites (tertiary alicyclic amines) is 1. The summed E-state index contributed by atoms with van der Waals surface area (Å²) in [7, 11) is 0. The van der Waals surface area contributed by atoms with Gasteiger partial charge in [-0.15, -0.1) is 0 Å². The van der Waals surface area contributed by atoms with Gasteiger partial charge in [0.05, 0.1) is 11.6 Å². The van der Waals surface area contributed by atoms with E-state index < -0.39 is 5.60 Å². The highest BCUT2D eigenvalue weighted by Gasteiger charge is 2.38. The number of amides is 1. The summed E-state index contributed by atoms with van der Waals surface area (Å²) in [5, 5.41) is 14.3. The molecule has 132 valence electrons. The second-order valence-corrected chi connectivity index (χ2v) is 7.62. The molecule has 1 unspecified atom stereocenters. The molecule has 0 radical (unpaired) electrons. The first-order valence-corrected chi connectivity index (χ1v) is 8.91. The van der Waals surface area contributed by atoms with Crippen LogP contribution in [0.25, 0.3) is 11.5 Å². The minimum atomic E-state index is -0.894. The third kappa shape index (κ3) is 3.18. The first-order chi connectivity index (χ1) is 11.9. The van der Waals surface area contributed by atoms with Gasteiger partial charge in [-0.25, -0.2) is 0 Å². The highest BCUT2D eigenvalue weighted by molar-refractivity contribution is 5.95. The molecule has 2 aromatic rings. The van der Waals surface area contributed by atoms with Crippen molar-refractivity contribution in [1.29, 1.82) is 0 Å². The Morgan fingerprint density at radius 3 is 2.60 bits per heavy atom. The van der Waals surface area contributed by atoms with E-state index in [1.54, 1.807) is 30.9 Å². The molecule has 4 rings (SSSR count). The summed E-state index contributed by atoms with van der Waals surface area (Å²) < 4.78 is 5.32. The first kappa shape index (κ1) is 16.3. The third-order valence-electron chi connectivity index (χ3n) is 5.09. The van der Waals surface area contributed by atoms with Crippen molar-refractivity contribution in [1.82, 2.24) is 15.0 Å². The Labute approximate surface area is 146 Å². The van der Waals surface area contributed by atoms with Crippen LogP contribution < -0.4 is 0 Å². The van der Waals surface area contributed by atoms with E-state index in [0.29, 0.717) is 23.9 Å². The summed E-state index contributed by atoms with van der Waals surface area (Å²) in [6, 6.07) is 7.12. The summed E-state index contributed by atoms with van der Waals surface area (Å²) in [5.74, 6) is 1.68. The molecule has 1 N–H and O–H groups in total. The summed E-state index contributed by atoms with van der Waals surface area (Å²) in [6.45, 7) is 4.21. The molecule has 25 heavy (non-hydrogen) atoms. The number of carbonyl (C=O) groups excluding carboxylic acids is 1. The molecule has 1 saturated heterocycles. The van der Waals surface area contributed by atoms with Crippen molar-refractivity contribution in [2.75, 3.05) is 6.54 Å². The van der Waals surface area contributed by atoms with Gasteiger partial charge in [0.1, 0.15) is 0 Å². The molecule has 0 bridgehead atoms. The molecule has 2 heterocycles. The smallest absolute Gasteiger partial charge is 0.257 e. The van der Waals surface area contributed by atoms with Crippen molar-refractivity contribution in [2.45, 2.75) is 57.1 Å². The monoisotopic (exact) mass is 341 g/mol. The standard InChI is InChI=1S/C19H23N3O3/c1-19(2,24)15-4-3-11-22(15)18(23)14-9-7-13(8-10-14)17-20-16(21-25-17)12-5-6-12/h7-10,12,15,24H,3-6,11H2,1-2H3. The molecule has 6 nitrogen and oxygen atoms in total. The van der Waals surface area contributed by atoms with E-state index in [2.05, 4.69) is 10.1 Å². The molecule has 2 fully saturated rings. The summed E-state index contributed by atoms with van der Waals surface area (Å²) in [5.41, 5.74) is 0.535. The van der Waals surface area contributed by atoms with Gasteiger partial charge in [0.15, 0.2) is 5.82 Å². The molecule has 1 aliphatic heterocycles. The third-order valence-corrected chi connectivity index (χ3v) is 5.09. The number of nitrogens with zero attached hydrogens (tertiary/aromatic N) is 3. The highest BCUT2D eigenvalue weighted by Crippen LogP contribution is 2.39. The number of aromatic nitrogens is 2. The fraction of sp³-hybridized carbons (Fsp3) is 0.526. The molecule has 0 spiro atoms. The predicted molar refractivity (Wildman–Crippen MR) is 92.1 cm³/mol. The topological polar surface area (TPSA) is 79.5 Å². The second kappa shape index (κ2) is 5.95. The van der Waals surface area contributed by atoms with E-state index in [1.165, 1.54) is 0 Å². The Morgan fingerprint density at radius 1 is 1.24 bits per heavy atom. The fourth-order valence-electron chi connectivity index (χ4n) is 3.53. The van der Waals surface area contributed by atoms with E-state index in [9.17, 15) is 9.90 Å². The minimum absolute atomic E-state index is 0.0413. The zero-order valence-corrected chi connectivity index (χ0v) is 14.6. The molecule has 2 aliphatic rings. The van der Waals surface area contributed by atoms with Gasteiger partial charge in [-0.1, -0.05) is 5.16 Å². The maximum atomic E-state index is 12.8. The number of benzene rings is 1. The van der Waals surface area contributed by atoms with Crippen molar-refractivity contribution < 1.29 is 14.4 Å². The zero-order chi connectivity index (χ0) is 17.6. The maximum absolute atomic E-state index is 12.8. The van der Waals surface area contributed by atoms with Crippen LogP contribution in [0.2, 0.25) is 0 Å². The van der Waals surface area contributed by atoms with Gasteiger partial charge in [-0.2, -0.15) is 4.98 Å². The van der Waals surface area contributed by atoms with Gasteiger partial charge >= 0.3 is 0 Å². The Hall–Kier alpha value is -2.21. The van der Waals surface area contributed by atoms with Gasteiger partial charge in [0.2, 0.25) is 0 Å². The van der Waals surface area contributed by atoms with Crippen LogP contribution in [0.1, 0.15) is 61.6 Å². The van der Waals surface area contributed by atoms with Crippen molar-refractivity contribution in [2.24, 2.45) is 0 Å². The molecule has 1 aromatic carbocycles. The van der Waals surface area contributed by atoms with Crippen molar-refractivity contribution in [3.63, 3.8) is 0 Å². The number of aliphatic hydroxyl groups is 1. The van der Waals surface area contributed by atoms with Crippen LogP contribution in [-0.2, 0) is 0 Å². The SMILES string of the molecule is CC(C)(O)C1CCCN1C(=O)c1ccc(-c2nc(C3CC3)no2)cc1. The maximum Gasteiger partial charge on any atom is 0.257 e. The predicted octanol–water partition coefficient (Wildman–Crippen LogP) is 2.99. The van der Waals surface area contributed by atoms with Crippen molar-refractivity contribution in [3.8, 4) is 11.5 Å². The van der Waals surface area contributed by atoms with Crippen LogP contribution in [0.4, 0.5) is 0 Å². The van der Waals surface area contributed by atoms with Gasteiger partial charge in [0, 0.05) is 23.6 Å². The molecule has 1 aromatic heterocycles. The lowest BCUT2D eigenvalue weighted by molar-refractivity contribution is 0.000337. The van der Waals surface area contributed by atoms with E-state index in [0.717, 1.165) is 37.1 Å². The molecule has 1 saturated carbocycles. The molecule has 6 heteroatoms. The Kier molecular flexibility index (Phi) is 3.87. The second-order valence-electron chi connectivity index (χ2n) is 7.62. The molecule has 1 aliphatic carbocycles. The average Bonchev–Trinajstić information content (AvgIpc) is 3.12. The largest absolute Gasteiger partial charge is 0.388 e. The van der Waals surface area contributed by atoms with Crippen LogP contribution in [0.15, 0.2) is 28.8 Å². The molecular formula is C19H23N3O3. The lowest BCUT2D eigenvalue weighted by Crippen LogP contribution is -2.48. The number of hydrogen-bond donors (Lipinski definition) is 1. The molecule has 1 amide bonds. The first-order valence-electron chi connectivity index (χ1n) is 8.91. The van der Waals surface area contributed by atoms with Crippen LogP contribution >= 0.6 is 0 Å². The summed E-state index contributed by atoms with van der Waals surface area (Å²) in [4.78, 5) is 19.0. The van der Waals surface area contributed by atoms with Crippen molar-refractivity contribution >= 4 is 5.91 Å². The van der Waals surface area contributed by atoms with E-state index >= 15 is 0 Å². The lowest BCUT2D eigenvalue weighted by Gasteiger charge is -2.33. The van der Waals surface area contributed by atoms with Crippen molar-refractivity contribution in [3.05, 3.63) is 35.7 Å². The zero-order valence-electron chi connectivity index (χ0n) is 14.6. The number of rotatable bonds is 4. The van der Waals surface area contributed by atoms with Gasteiger partial charge in [-0.05, 0) is 63.8 Å². The fourth-order valence-corrected chi connectivity index (χ4v) is 3.53. The van der Waals surface area contributed by atoms with E-state index in [4.69, 9.17) is 4.52 Å². The van der Waals surface area contributed by atoms with E-state index in [-0.39, 0.29) is 11.9 Å². The Bertz CT molecular complexity index is 772. The quantitative estimate of drug-likeness (QED) is 0.925. The molecule has 1 atom stereocenters. The average molecular weight is 341 g/mol. The van der Waals surface area contributed by atoms with Gasteiger partial charge in [-0.3, -0.25) is 4.79 Å². The van der Waals surface area contributed by atoms with Crippen LogP contribution in [0.5, 0.6) is 0 Å². The van der Waals surface area contributed by atoms with Crippen LogP contribution in [0.3, 0.4) is 0 Å². The number of carbonyl (C=O) groups is 1. The highest BCUT2D eigenvalue weighted by atomic mass is 16.5. The van der Waals surface area contributed by atoms with Gasteiger partial charge in [0.25, 0.3) is 11.8 Å². The van der Waals surface area contributed by atoms with Crippen LogP contribution in [-0.4, -0.2) is 44.2 Å².